The minimum Gasteiger partial charge on any atom is -0.456 e. The number of rotatable bonds is 7. The van der Waals surface area contributed by atoms with E-state index in [0.29, 0.717) is 44.8 Å². The molecule has 0 saturated heterocycles. The Balaban J connectivity index is 2.04. The molecule has 0 radical (unpaired) electrons. The van der Waals surface area contributed by atoms with Crippen LogP contribution in [0.2, 0.25) is 10.0 Å². The number of unbranched alkanes of at least 4 members (excludes halogenated alkanes) is 1. The van der Waals surface area contributed by atoms with Gasteiger partial charge in [-0.25, -0.2) is 0 Å². The van der Waals surface area contributed by atoms with Crippen molar-refractivity contribution in [2.24, 2.45) is 7.05 Å². The van der Waals surface area contributed by atoms with Gasteiger partial charge in [0.15, 0.2) is 0 Å². The van der Waals surface area contributed by atoms with Crippen molar-refractivity contribution in [2.75, 3.05) is 12.3 Å². The van der Waals surface area contributed by atoms with Crippen LogP contribution in [0.5, 0.6) is 11.5 Å². The number of hydrogen-bond donors (Lipinski definition) is 2. The predicted octanol–water partition coefficient (Wildman–Crippen LogP) is 5.05. The van der Waals surface area contributed by atoms with Crippen LogP contribution in [0.15, 0.2) is 53.5 Å². The van der Waals surface area contributed by atoms with Crippen LogP contribution in [0.25, 0.3) is 11.1 Å². The average molecular weight is 433 g/mol. The van der Waals surface area contributed by atoms with Crippen LogP contribution >= 0.6 is 23.2 Å². The topological polar surface area (TPSA) is 77.5 Å². The number of aromatic nitrogens is 1. The van der Waals surface area contributed by atoms with Gasteiger partial charge >= 0.3 is 0 Å². The molecule has 7 heteroatoms. The third kappa shape index (κ3) is 5.12. The summed E-state index contributed by atoms with van der Waals surface area (Å²) in [4.78, 5) is 11.9. The Labute approximate surface area is 179 Å². The lowest BCUT2D eigenvalue weighted by molar-refractivity contribution is 0.284. The summed E-state index contributed by atoms with van der Waals surface area (Å²) in [5, 5.41) is 10.00. The van der Waals surface area contributed by atoms with Crippen molar-refractivity contribution in [2.45, 2.75) is 19.3 Å². The lowest BCUT2D eigenvalue weighted by Gasteiger charge is -2.16. The fourth-order valence-electron chi connectivity index (χ4n) is 3.04. The number of benzene rings is 2. The molecule has 0 saturated carbocycles. The van der Waals surface area contributed by atoms with E-state index in [9.17, 15) is 4.79 Å². The number of aliphatic hydroxyl groups is 1. The van der Waals surface area contributed by atoms with Gasteiger partial charge in [-0.15, -0.1) is 0 Å². The Morgan fingerprint density at radius 2 is 1.79 bits per heavy atom. The maximum atomic E-state index is 11.9. The molecular weight excluding hydrogens is 411 g/mol. The minimum absolute atomic E-state index is 0.143. The average Bonchev–Trinajstić information content (AvgIpc) is 2.68. The van der Waals surface area contributed by atoms with Crippen LogP contribution in [0.4, 0.5) is 5.69 Å². The zero-order valence-corrected chi connectivity index (χ0v) is 17.5. The number of aryl methyl sites for hydroxylation is 2. The van der Waals surface area contributed by atoms with E-state index in [1.165, 1.54) is 10.6 Å². The van der Waals surface area contributed by atoms with E-state index in [1.54, 1.807) is 37.5 Å². The highest BCUT2D eigenvalue weighted by Gasteiger charge is 2.15. The molecule has 5 nitrogen and oxygen atoms in total. The highest BCUT2D eigenvalue weighted by Crippen LogP contribution is 2.39. The molecular formula is C22H22Cl2N2O3. The number of aliphatic hydroxyl groups excluding tert-OH is 1. The molecule has 0 bridgehead atoms. The summed E-state index contributed by atoms with van der Waals surface area (Å²) < 4.78 is 7.69. The maximum absolute atomic E-state index is 11.9. The van der Waals surface area contributed by atoms with Gasteiger partial charge in [0, 0.05) is 47.8 Å². The van der Waals surface area contributed by atoms with E-state index < -0.39 is 0 Å². The van der Waals surface area contributed by atoms with Gasteiger partial charge in [-0.2, -0.15) is 0 Å². The highest BCUT2D eigenvalue weighted by molar-refractivity contribution is 6.33. The van der Waals surface area contributed by atoms with Gasteiger partial charge < -0.3 is 20.1 Å². The molecule has 0 unspecified atom stereocenters. The molecule has 1 heterocycles. The van der Waals surface area contributed by atoms with Crippen LogP contribution in [-0.2, 0) is 13.5 Å². The second kappa shape index (κ2) is 9.35. The zero-order chi connectivity index (χ0) is 21.0. The monoisotopic (exact) mass is 432 g/mol. The van der Waals surface area contributed by atoms with Gasteiger partial charge in [0.1, 0.15) is 11.5 Å². The van der Waals surface area contributed by atoms with Crippen LogP contribution in [0, 0.1) is 0 Å². The minimum atomic E-state index is -0.200. The van der Waals surface area contributed by atoms with E-state index in [-0.39, 0.29) is 12.2 Å². The summed E-state index contributed by atoms with van der Waals surface area (Å²) >= 11 is 12.5. The first kappa shape index (κ1) is 21.2. The molecule has 2 aromatic carbocycles. The van der Waals surface area contributed by atoms with Crippen molar-refractivity contribution in [1.29, 1.82) is 0 Å². The van der Waals surface area contributed by atoms with E-state index >= 15 is 0 Å². The summed E-state index contributed by atoms with van der Waals surface area (Å²) in [6.07, 6.45) is 3.90. The number of ether oxygens (including phenoxy) is 1. The molecule has 29 heavy (non-hydrogen) atoms. The van der Waals surface area contributed by atoms with Gasteiger partial charge in [0.25, 0.3) is 5.56 Å². The quantitative estimate of drug-likeness (QED) is 0.404. The summed E-state index contributed by atoms with van der Waals surface area (Å²) in [5.41, 5.74) is 8.62. The standard InChI is InChI=1S/C22H22Cl2N2O3/c1-26-13-18(19(24)12-22(26)28)17-11-16(25)6-8-21(17)29-20-7-5-15(23)10-14(20)4-2-3-9-27/h5-8,10-13,27H,2-4,9,25H2,1H3. The number of nitrogens with two attached hydrogens (primary N) is 1. The van der Waals surface area contributed by atoms with E-state index in [2.05, 4.69) is 0 Å². The molecule has 3 N–H and O–H groups in total. The number of nitrogen functional groups attached to an aromatic ring is 1. The second-order valence-corrected chi connectivity index (χ2v) is 7.62. The lowest BCUT2D eigenvalue weighted by atomic mass is 10.0. The van der Waals surface area contributed by atoms with Gasteiger partial charge in [0.2, 0.25) is 0 Å². The normalized spacial score (nSPS) is 10.9. The first-order chi connectivity index (χ1) is 13.9. The Bertz CT molecular complexity index is 1080. The largest absolute Gasteiger partial charge is 0.456 e. The Kier molecular flexibility index (Phi) is 6.85. The van der Waals surface area contributed by atoms with Crippen molar-refractivity contribution in [3.8, 4) is 22.6 Å². The summed E-state index contributed by atoms with van der Waals surface area (Å²) in [6.45, 7) is 0.143. The third-order valence-electron chi connectivity index (χ3n) is 4.57. The van der Waals surface area contributed by atoms with Crippen molar-refractivity contribution in [1.82, 2.24) is 4.57 Å². The number of hydrogen-bond acceptors (Lipinski definition) is 4. The number of nitrogens with zero attached hydrogens (tertiary/aromatic N) is 1. The van der Waals surface area contributed by atoms with E-state index in [0.717, 1.165) is 18.4 Å². The van der Waals surface area contributed by atoms with E-state index in [4.69, 9.17) is 38.8 Å². The molecule has 3 rings (SSSR count). The molecule has 0 spiro atoms. The Hall–Kier alpha value is -2.47. The molecule has 0 amide bonds. The number of pyridine rings is 1. The smallest absolute Gasteiger partial charge is 0.251 e. The third-order valence-corrected chi connectivity index (χ3v) is 5.12. The molecule has 0 aliphatic heterocycles. The van der Waals surface area contributed by atoms with Crippen molar-refractivity contribution in [3.63, 3.8) is 0 Å². The van der Waals surface area contributed by atoms with Crippen LogP contribution in [0.1, 0.15) is 18.4 Å². The molecule has 152 valence electrons. The lowest BCUT2D eigenvalue weighted by Crippen LogP contribution is -2.14. The summed E-state index contributed by atoms with van der Waals surface area (Å²) in [7, 11) is 1.66. The van der Waals surface area contributed by atoms with Crippen molar-refractivity contribution < 1.29 is 9.84 Å². The van der Waals surface area contributed by atoms with Gasteiger partial charge in [0.05, 0.1) is 5.02 Å². The zero-order valence-electron chi connectivity index (χ0n) is 16.0. The highest BCUT2D eigenvalue weighted by atomic mass is 35.5. The van der Waals surface area contributed by atoms with Crippen LogP contribution < -0.4 is 16.0 Å². The first-order valence-corrected chi connectivity index (χ1v) is 9.98. The van der Waals surface area contributed by atoms with Gasteiger partial charge in [-0.3, -0.25) is 4.79 Å². The number of anilines is 1. The molecule has 0 fully saturated rings. The maximum Gasteiger partial charge on any atom is 0.251 e. The first-order valence-electron chi connectivity index (χ1n) is 9.22. The Morgan fingerprint density at radius 3 is 2.55 bits per heavy atom. The SMILES string of the molecule is Cn1cc(-c2cc(N)ccc2Oc2ccc(Cl)cc2CCCCO)c(Cl)cc1=O. The van der Waals surface area contributed by atoms with Gasteiger partial charge in [-0.1, -0.05) is 23.2 Å². The molecule has 0 aliphatic rings. The van der Waals surface area contributed by atoms with Crippen LogP contribution in [-0.4, -0.2) is 16.3 Å². The molecule has 0 aliphatic carbocycles. The van der Waals surface area contributed by atoms with Crippen molar-refractivity contribution in [3.05, 3.63) is 74.6 Å². The molecule has 3 aromatic rings. The Morgan fingerprint density at radius 1 is 1.03 bits per heavy atom. The fourth-order valence-corrected chi connectivity index (χ4v) is 3.48. The van der Waals surface area contributed by atoms with Crippen molar-refractivity contribution >= 4 is 28.9 Å². The molecule has 0 atom stereocenters. The van der Waals surface area contributed by atoms with Crippen LogP contribution in [0.3, 0.4) is 0 Å². The van der Waals surface area contributed by atoms with E-state index in [1.807, 2.05) is 12.1 Å². The van der Waals surface area contributed by atoms with Gasteiger partial charge in [-0.05, 0) is 61.2 Å². The fraction of sp³-hybridized carbons (Fsp3) is 0.227. The number of halogens is 2. The second-order valence-electron chi connectivity index (χ2n) is 6.77. The molecule has 1 aromatic heterocycles. The summed E-state index contributed by atoms with van der Waals surface area (Å²) in [5.74, 6) is 1.23. The summed E-state index contributed by atoms with van der Waals surface area (Å²) in [6, 6.07) is 12.1. The predicted molar refractivity (Wildman–Crippen MR) is 118 cm³/mol.